The molecule has 0 radical (unpaired) electrons. The Labute approximate surface area is 106 Å². The van der Waals surface area contributed by atoms with Gasteiger partial charge in [0, 0.05) is 17.8 Å². The van der Waals surface area contributed by atoms with E-state index < -0.39 is 4.92 Å². The summed E-state index contributed by atoms with van der Waals surface area (Å²) < 4.78 is 0. The second kappa shape index (κ2) is 5.62. The van der Waals surface area contributed by atoms with Gasteiger partial charge in [0.05, 0.1) is 10.6 Å². The molecule has 0 unspecified atom stereocenters. The van der Waals surface area contributed by atoms with Crippen molar-refractivity contribution in [3.8, 4) is 0 Å². The second-order valence-corrected chi connectivity index (χ2v) is 4.67. The van der Waals surface area contributed by atoms with Crippen LogP contribution in [0.5, 0.6) is 0 Å². The number of nitrogens with zero attached hydrogens (tertiary/aromatic N) is 2. The summed E-state index contributed by atoms with van der Waals surface area (Å²) in [5, 5.41) is 14.9. The Kier molecular flexibility index (Phi) is 3.92. The van der Waals surface area contributed by atoms with E-state index in [2.05, 4.69) is 17.5 Å². The van der Waals surface area contributed by atoms with Crippen LogP contribution in [0.2, 0.25) is 0 Å². The van der Waals surface area contributed by atoms with Gasteiger partial charge in [0.1, 0.15) is 0 Å². The van der Waals surface area contributed by atoms with Gasteiger partial charge in [-0.25, -0.2) is 0 Å². The summed E-state index contributed by atoms with van der Waals surface area (Å²) >= 11 is 0. The van der Waals surface area contributed by atoms with Crippen LogP contribution >= 0.6 is 0 Å². The molecule has 2 rings (SSSR count). The maximum Gasteiger partial charge on any atom is 0.269 e. The van der Waals surface area contributed by atoms with Gasteiger partial charge in [-0.3, -0.25) is 15.5 Å². The Morgan fingerprint density at radius 2 is 2.06 bits per heavy atom. The van der Waals surface area contributed by atoms with Gasteiger partial charge < -0.3 is 0 Å². The van der Waals surface area contributed by atoms with Gasteiger partial charge in [-0.15, -0.1) is 0 Å². The molecule has 5 heteroatoms. The van der Waals surface area contributed by atoms with Gasteiger partial charge in [-0.05, 0) is 37.3 Å². The minimum atomic E-state index is -0.404. The number of nitro groups is 1. The molecule has 0 aliphatic heterocycles. The molecule has 1 fully saturated rings. The molecule has 1 atom stereocenters. The minimum Gasteiger partial charge on any atom is -0.279 e. The summed E-state index contributed by atoms with van der Waals surface area (Å²) in [7, 11) is 0. The largest absolute Gasteiger partial charge is 0.279 e. The van der Waals surface area contributed by atoms with Gasteiger partial charge in [0.25, 0.3) is 5.69 Å². The summed E-state index contributed by atoms with van der Waals surface area (Å²) in [6, 6.07) is 6.31. The lowest BCUT2D eigenvalue weighted by Gasteiger charge is -2.20. The van der Waals surface area contributed by atoms with Gasteiger partial charge in [0.2, 0.25) is 0 Å². The lowest BCUT2D eigenvalue weighted by atomic mass is 9.89. The SMILES string of the molecule is C[C@@H]1CCCC/C1=N/Nc1ccc([N+](=O)[O-])cc1. The summed E-state index contributed by atoms with van der Waals surface area (Å²) in [6.07, 6.45) is 4.71. The zero-order valence-corrected chi connectivity index (χ0v) is 10.4. The molecule has 0 amide bonds. The quantitative estimate of drug-likeness (QED) is 0.655. The summed E-state index contributed by atoms with van der Waals surface area (Å²) in [6.45, 7) is 2.19. The van der Waals surface area contributed by atoms with Crippen molar-refractivity contribution in [1.82, 2.24) is 0 Å². The van der Waals surface area contributed by atoms with Crippen LogP contribution in [-0.4, -0.2) is 10.6 Å². The predicted octanol–water partition coefficient (Wildman–Crippen LogP) is 3.57. The summed E-state index contributed by atoms with van der Waals surface area (Å²) in [5.74, 6) is 0.532. The van der Waals surface area contributed by atoms with Crippen molar-refractivity contribution in [2.75, 3.05) is 5.43 Å². The molecule has 0 saturated heterocycles. The van der Waals surface area contributed by atoms with Gasteiger partial charge in [0.15, 0.2) is 0 Å². The maximum atomic E-state index is 10.5. The molecule has 1 aromatic carbocycles. The van der Waals surface area contributed by atoms with Crippen molar-refractivity contribution in [2.24, 2.45) is 11.0 Å². The maximum absolute atomic E-state index is 10.5. The van der Waals surface area contributed by atoms with E-state index in [0.717, 1.165) is 12.1 Å². The van der Waals surface area contributed by atoms with Gasteiger partial charge in [-0.2, -0.15) is 5.10 Å². The van der Waals surface area contributed by atoms with Crippen LogP contribution in [0.15, 0.2) is 29.4 Å². The highest BCUT2D eigenvalue weighted by Crippen LogP contribution is 2.22. The van der Waals surface area contributed by atoms with Crippen LogP contribution < -0.4 is 5.43 Å². The molecule has 0 spiro atoms. The fraction of sp³-hybridized carbons (Fsp3) is 0.462. The van der Waals surface area contributed by atoms with E-state index in [0.29, 0.717) is 5.92 Å². The van der Waals surface area contributed by atoms with E-state index in [4.69, 9.17) is 0 Å². The highest BCUT2D eigenvalue weighted by Gasteiger charge is 2.15. The Hall–Kier alpha value is -1.91. The van der Waals surface area contributed by atoms with Crippen molar-refractivity contribution < 1.29 is 4.92 Å². The molecule has 0 bridgehead atoms. The minimum absolute atomic E-state index is 0.0965. The first kappa shape index (κ1) is 12.5. The van der Waals surface area contributed by atoms with Crippen LogP contribution in [-0.2, 0) is 0 Å². The first-order valence-corrected chi connectivity index (χ1v) is 6.24. The van der Waals surface area contributed by atoms with E-state index in [9.17, 15) is 10.1 Å². The topological polar surface area (TPSA) is 67.5 Å². The number of hydrazone groups is 1. The number of hydrogen-bond acceptors (Lipinski definition) is 4. The highest BCUT2D eigenvalue weighted by atomic mass is 16.6. The number of nitro benzene ring substituents is 1. The van der Waals surface area contributed by atoms with Crippen molar-refractivity contribution in [3.63, 3.8) is 0 Å². The lowest BCUT2D eigenvalue weighted by molar-refractivity contribution is -0.384. The number of rotatable bonds is 3. The Bertz CT molecular complexity index is 454. The molecule has 1 N–H and O–H groups in total. The molecule has 1 aliphatic rings. The Balaban J connectivity index is 2.01. The third-order valence-electron chi connectivity index (χ3n) is 3.30. The van der Waals surface area contributed by atoms with Crippen molar-refractivity contribution >= 4 is 17.1 Å². The fourth-order valence-electron chi connectivity index (χ4n) is 2.13. The molecule has 1 aliphatic carbocycles. The van der Waals surface area contributed by atoms with Crippen LogP contribution in [0.1, 0.15) is 32.6 Å². The summed E-state index contributed by atoms with van der Waals surface area (Å²) in [4.78, 5) is 10.1. The molecule has 18 heavy (non-hydrogen) atoms. The number of non-ortho nitro benzene ring substituents is 1. The monoisotopic (exact) mass is 247 g/mol. The van der Waals surface area contributed by atoms with E-state index in [1.807, 2.05) is 0 Å². The van der Waals surface area contributed by atoms with Crippen molar-refractivity contribution in [2.45, 2.75) is 32.6 Å². The molecule has 0 aromatic heterocycles. The number of hydrogen-bond donors (Lipinski definition) is 1. The standard InChI is InChI=1S/C13H17N3O2/c1-10-4-2-3-5-13(10)15-14-11-6-8-12(9-7-11)16(17)18/h6-10,14H,2-5H2,1H3/b15-13-/t10-/m1/s1. The zero-order chi connectivity index (χ0) is 13.0. The number of nitrogens with one attached hydrogen (secondary N) is 1. The van der Waals surface area contributed by atoms with E-state index in [1.54, 1.807) is 12.1 Å². The highest BCUT2D eigenvalue weighted by molar-refractivity contribution is 5.87. The van der Waals surface area contributed by atoms with Crippen LogP contribution in [0.3, 0.4) is 0 Å². The van der Waals surface area contributed by atoms with Crippen LogP contribution in [0, 0.1) is 16.0 Å². The predicted molar refractivity (Wildman–Crippen MR) is 71.8 cm³/mol. The van der Waals surface area contributed by atoms with Gasteiger partial charge >= 0.3 is 0 Å². The Morgan fingerprint density at radius 3 is 2.67 bits per heavy atom. The normalized spacial score (nSPS) is 21.8. The average Bonchev–Trinajstić information content (AvgIpc) is 2.38. The van der Waals surface area contributed by atoms with E-state index in [-0.39, 0.29) is 5.69 Å². The average molecular weight is 247 g/mol. The number of anilines is 1. The summed E-state index contributed by atoms with van der Waals surface area (Å²) in [5.41, 5.74) is 5.05. The van der Waals surface area contributed by atoms with E-state index in [1.165, 1.54) is 37.1 Å². The first-order valence-electron chi connectivity index (χ1n) is 6.24. The molecule has 0 heterocycles. The third-order valence-corrected chi connectivity index (χ3v) is 3.30. The molecule has 5 nitrogen and oxygen atoms in total. The van der Waals surface area contributed by atoms with Gasteiger partial charge in [-0.1, -0.05) is 13.3 Å². The zero-order valence-electron chi connectivity index (χ0n) is 10.4. The Morgan fingerprint density at radius 1 is 1.33 bits per heavy atom. The molecular formula is C13H17N3O2. The van der Waals surface area contributed by atoms with Crippen molar-refractivity contribution in [3.05, 3.63) is 34.4 Å². The molecule has 1 saturated carbocycles. The second-order valence-electron chi connectivity index (χ2n) is 4.67. The van der Waals surface area contributed by atoms with Crippen LogP contribution in [0.4, 0.5) is 11.4 Å². The van der Waals surface area contributed by atoms with Crippen molar-refractivity contribution in [1.29, 1.82) is 0 Å². The van der Waals surface area contributed by atoms with Crippen LogP contribution in [0.25, 0.3) is 0 Å². The number of benzene rings is 1. The molecule has 96 valence electrons. The van der Waals surface area contributed by atoms with E-state index >= 15 is 0 Å². The third kappa shape index (κ3) is 3.06. The lowest BCUT2D eigenvalue weighted by Crippen LogP contribution is -2.17. The first-order chi connectivity index (χ1) is 8.66. The smallest absolute Gasteiger partial charge is 0.269 e. The molecular weight excluding hydrogens is 230 g/mol. The fourth-order valence-corrected chi connectivity index (χ4v) is 2.13. The molecule has 1 aromatic rings.